The number of aromatic nitrogens is 1. The largest absolute Gasteiger partial charge is 0.344 e. The molecule has 11 rings (SSSR count). The number of nitrogens with one attached hydrogen (secondary N) is 1. The Balaban J connectivity index is 1.09. The van der Waals surface area contributed by atoms with Gasteiger partial charge in [-0.3, -0.25) is 0 Å². The lowest BCUT2D eigenvalue weighted by Crippen LogP contribution is -2.33. The number of nitrogens with zero attached hydrogens (tertiary/aromatic N) is 3. The van der Waals surface area contributed by atoms with E-state index in [2.05, 4.69) is 194 Å². The molecule has 1 atom stereocenters. The Morgan fingerprint density at radius 3 is 2.13 bits per heavy atom. The van der Waals surface area contributed by atoms with Crippen LogP contribution in [0.4, 0.5) is 0 Å². The van der Waals surface area contributed by atoms with Crippen LogP contribution in [0.5, 0.6) is 0 Å². The van der Waals surface area contributed by atoms with Gasteiger partial charge < -0.3 is 9.88 Å². The second-order valence-electron chi connectivity index (χ2n) is 15.1. The van der Waals surface area contributed by atoms with Crippen LogP contribution in [0.1, 0.15) is 47.8 Å². The summed E-state index contributed by atoms with van der Waals surface area (Å²) < 4.78 is 2.43. The molecule has 4 nitrogen and oxygen atoms in total. The van der Waals surface area contributed by atoms with E-state index in [0.29, 0.717) is 5.84 Å². The van der Waals surface area contributed by atoms with Crippen molar-refractivity contribution in [2.75, 3.05) is 0 Å². The highest BCUT2D eigenvalue weighted by atomic mass is 15.2. The lowest BCUT2D eigenvalue weighted by atomic mass is 9.82. The smallest absolute Gasteiger partial charge is 0.159 e. The zero-order valence-corrected chi connectivity index (χ0v) is 30.1. The first-order chi connectivity index (χ1) is 26.5. The molecule has 0 spiro atoms. The molecule has 4 heteroatoms. The van der Waals surface area contributed by atoms with Crippen molar-refractivity contribution in [3.8, 4) is 16.8 Å². The van der Waals surface area contributed by atoms with Gasteiger partial charge in [-0.15, -0.1) is 0 Å². The van der Waals surface area contributed by atoms with Gasteiger partial charge >= 0.3 is 0 Å². The molecule has 1 aliphatic carbocycles. The first-order valence-corrected chi connectivity index (χ1v) is 18.7. The lowest BCUT2D eigenvalue weighted by molar-refractivity contribution is 0.658. The van der Waals surface area contributed by atoms with Crippen molar-refractivity contribution in [3.63, 3.8) is 0 Å². The predicted octanol–water partition coefficient (Wildman–Crippen LogP) is 11.9. The molecule has 8 aromatic carbocycles. The maximum absolute atomic E-state index is 5.30. The van der Waals surface area contributed by atoms with E-state index in [1.165, 1.54) is 60.2 Å². The highest BCUT2D eigenvalue weighted by molar-refractivity contribution is 6.16. The van der Waals surface area contributed by atoms with Crippen LogP contribution in [0.25, 0.3) is 60.2 Å². The van der Waals surface area contributed by atoms with E-state index in [9.17, 15) is 0 Å². The average molecular weight is 693 g/mol. The Hall–Kier alpha value is -6.78. The predicted molar refractivity (Wildman–Crippen MR) is 225 cm³/mol. The van der Waals surface area contributed by atoms with E-state index >= 15 is 0 Å². The highest BCUT2D eigenvalue weighted by Crippen LogP contribution is 2.49. The third-order valence-electron chi connectivity index (χ3n) is 11.6. The van der Waals surface area contributed by atoms with Gasteiger partial charge in [-0.05, 0) is 80.4 Å². The first kappa shape index (κ1) is 30.8. The van der Waals surface area contributed by atoms with Crippen molar-refractivity contribution in [3.05, 3.63) is 198 Å². The molecular formula is C50H36N4. The Labute approximate surface area is 313 Å². The molecule has 0 saturated carbocycles. The lowest BCUT2D eigenvalue weighted by Gasteiger charge is -2.25. The fraction of sp³-hybridized carbons (Fsp3) is 0.0800. The molecule has 256 valence electrons. The molecule has 0 bridgehead atoms. The Bertz CT molecular complexity index is 3050. The normalized spacial score (nSPS) is 15.9. The fourth-order valence-corrected chi connectivity index (χ4v) is 8.89. The van der Waals surface area contributed by atoms with Crippen LogP contribution >= 0.6 is 0 Å². The molecule has 0 saturated heterocycles. The number of hydrogen-bond acceptors (Lipinski definition) is 3. The zero-order valence-electron chi connectivity index (χ0n) is 30.1. The third kappa shape index (κ3) is 4.63. The van der Waals surface area contributed by atoms with E-state index in [4.69, 9.17) is 9.98 Å². The number of amidine groups is 2. The van der Waals surface area contributed by atoms with E-state index < -0.39 is 0 Å². The van der Waals surface area contributed by atoms with Crippen molar-refractivity contribution in [1.29, 1.82) is 0 Å². The zero-order chi connectivity index (χ0) is 36.0. The molecule has 2 aliphatic rings. The van der Waals surface area contributed by atoms with Crippen molar-refractivity contribution >= 4 is 55.0 Å². The monoisotopic (exact) mass is 692 g/mol. The molecule has 0 fully saturated rings. The molecule has 1 aliphatic heterocycles. The van der Waals surface area contributed by atoms with Crippen molar-refractivity contribution in [2.24, 2.45) is 9.98 Å². The molecule has 1 aromatic heterocycles. The molecule has 9 aromatic rings. The van der Waals surface area contributed by atoms with Crippen LogP contribution in [-0.2, 0) is 5.41 Å². The molecule has 1 N–H and O–H groups in total. The molecular weight excluding hydrogens is 657 g/mol. The van der Waals surface area contributed by atoms with Crippen molar-refractivity contribution in [2.45, 2.75) is 25.4 Å². The van der Waals surface area contributed by atoms with Gasteiger partial charge in [0.2, 0.25) is 0 Å². The topological polar surface area (TPSA) is 41.7 Å². The summed E-state index contributed by atoms with van der Waals surface area (Å²) in [4.78, 5) is 10.6. The Morgan fingerprint density at radius 2 is 1.24 bits per heavy atom. The van der Waals surface area contributed by atoms with Crippen LogP contribution in [0, 0.1) is 0 Å². The summed E-state index contributed by atoms with van der Waals surface area (Å²) in [6.45, 7) is 4.65. The van der Waals surface area contributed by atoms with Crippen LogP contribution in [0.2, 0.25) is 0 Å². The minimum atomic E-state index is -0.288. The van der Waals surface area contributed by atoms with Crippen LogP contribution in [0.3, 0.4) is 0 Å². The maximum Gasteiger partial charge on any atom is 0.159 e. The summed E-state index contributed by atoms with van der Waals surface area (Å²) in [6.07, 6.45) is -0.288. The van der Waals surface area contributed by atoms with E-state index in [1.54, 1.807) is 0 Å². The molecule has 0 amide bonds. The standard InChI is InChI=1S/C50H36N4/c1-50(2)42-20-10-8-18-37(42)38-26-25-36(29-43(38)50)49-52-47(32-13-4-3-5-14-32)51-48(53-49)35-24-23-31-17-12-22-45(40(31)28-35)54-44-21-11-9-19-39(44)41-27-33-15-6-7-16-34(33)30-46(41)54/h3-30,47H,1-2H3,(H,51,52,53). The summed E-state index contributed by atoms with van der Waals surface area (Å²) in [5.74, 6) is 1.54. The van der Waals surface area contributed by atoms with E-state index in [0.717, 1.165) is 33.6 Å². The first-order valence-electron chi connectivity index (χ1n) is 18.7. The SMILES string of the molecule is CC1(C)c2ccccc2-c2ccc(C3=NC(c4ccc5cccc(-n6c7ccccc7c7cc8ccccc8cc76)c5c4)=NC(c4ccccc4)N3)cc21. The third-order valence-corrected chi connectivity index (χ3v) is 11.6. The highest BCUT2D eigenvalue weighted by Gasteiger charge is 2.36. The summed E-state index contributed by atoms with van der Waals surface area (Å²) in [5, 5.41) is 11.0. The van der Waals surface area contributed by atoms with Gasteiger partial charge in [0.25, 0.3) is 0 Å². The van der Waals surface area contributed by atoms with E-state index in [1.807, 2.05) is 0 Å². The number of aliphatic imine (C=N–C) groups is 2. The van der Waals surface area contributed by atoms with Gasteiger partial charge in [0.05, 0.1) is 16.7 Å². The van der Waals surface area contributed by atoms with Gasteiger partial charge in [0, 0.05) is 32.7 Å². The van der Waals surface area contributed by atoms with Gasteiger partial charge in [0.1, 0.15) is 12.0 Å². The number of hydrogen-bond donors (Lipinski definition) is 1. The average Bonchev–Trinajstić information content (AvgIpc) is 3.66. The quantitative estimate of drug-likeness (QED) is 0.196. The minimum Gasteiger partial charge on any atom is -0.344 e. The van der Waals surface area contributed by atoms with Gasteiger partial charge in [-0.2, -0.15) is 0 Å². The summed E-state index contributed by atoms with van der Waals surface area (Å²) in [7, 11) is 0. The maximum atomic E-state index is 5.30. The number of rotatable bonds is 4. The number of benzene rings is 8. The van der Waals surface area contributed by atoms with Crippen molar-refractivity contribution < 1.29 is 0 Å². The summed E-state index contributed by atoms with van der Waals surface area (Å²) in [5.41, 5.74) is 11.8. The fourth-order valence-electron chi connectivity index (χ4n) is 8.89. The Kier molecular flexibility index (Phi) is 6.62. The molecule has 2 heterocycles. The number of fused-ring (bicyclic) bond motifs is 8. The second-order valence-corrected chi connectivity index (χ2v) is 15.1. The van der Waals surface area contributed by atoms with Gasteiger partial charge in [0.15, 0.2) is 5.84 Å². The van der Waals surface area contributed by atoms with Crippen molar-refractivity contribution in [1.82, 2.24) is 9.88 Å². The minimum absolute atomic E-state index is 0.110. The van der Waals surface area contributed by atoms with Gasteiger partial charge in [-0.1, -0.05) is 147 Å². The Morgan fingerprint density at radius 1 is 0.519 bits per heavy atom. The van der Waals surface area contributed by atoms with Crippen LogP contribution in [0.15, 0.2) is 180 Å². The number of para-hydroxylation sites is 1. The van der Waals surface area contributed by atoms with Gasteiger partial charge in [-0.25, -0.2) is 9.98 Å². The van der Waals surface area contributed by atoms with E-state index in [-0.39, 0.29) is 11.6 Å². The van der Waals surface area contributed by atoms with Crippen LogP contribution < -0.4 is 5.32 Å². The summed E-state index contributed by atoms with van der Waals surface area (Å²) in [6, 6.07) is 61.4. The molecule has 0 radical (unpaired) electrons. The van der Waals surface area contributed by atoms with Crippen LogP contribution in [-0.4, -0.2) is 16.2 Å². The summed E-state index contributed by atoms with van der Waals surface area (Å²) >= 11 is 0. The molecule has 54 heavy (non-hydrogen) atoms. The second kappa shape index (κ2) is 11.6. The molecule has 1 unspecified atom stereocenters.